The van der Waals surface area contributed by atoms with Crippen LogP contribution < -0.4 is 5.32 Å². The molecule has 0 heterocycles. The number of carbonyl (C=O) groups excluding carboxylic acids is 1. The predicted octanol–water partition coefficient (Wildman–Crippen LogP) is 4.82. The van der Waals surface area contributed by atoms with E-state index in [9.17, 15) is 4.79 Å². The monoisotopic (exact) mass is 329 g/mol. The number of benzene rings is 1. The maximum atomic E-state index is 12.6. The summed E-state index contributed by atoms with van der Waals surface area (Å²) in [5.41, 5.74) is 0.690. The zero-order valence-electron chi connectivity index (χ0n) is 15.6. The zero-order valence-corrected chi connectivity index (χ0v) is 15.6. The normalized spacial score (nSPS) is 15.7. The molecule has 1 aromatic carbocycles. The summed E-state index contributed by atoms with van der Waals surface area (Å²) in [4.78, 5) is 12.6. The molecular weight excluding hydrogens is 298 g/mol. The van der Waals surface area contributed by atoms with Crippen molar-refractivity contribution >= 4 is 5.97 Å². The lowest BCUT2D eigenvalue weighted by atomic mass is 9.93. The van der Waals surface area contributed by atoms with Crippen LogP contribution in [0.1, 0.15) is 52.6 Å². The third-order valence-corrected chi connectivity index (χ3v) is 3.71. The molecule has 24 heavy (non-hydrogen) atoms. The Bertz CT molecular complexity index is 543. The first kappa shape index (κ1) is 20.2. The number of rotatable bonds is 8. The summed E-state index contributed by atoms with van der Waals surface area (Å²) in [5.74, 6) is -0.498. The highest BCUT2D eigenvalue weighted by Crippen LogP contribution is 2.21. The Labute approximate surface area is 146 Å². The summed E-state index contributed by atoms with van der Waals surface area (Å²) in [7, 11) is 0. The third kappa shape index (κ3) is 6.71. The van der Waals surface area contributed by atoms with Crippen LogP contribution in [0.15, 0.2) is 55.1 Å². The maximum absolute atomic E-state index is 12.6. The molecule has 0 spiro atoms. The van der Waals surface area contributed by atoms with Crippen LogP contribution in [0.25, 0.3) is 0 Å². The number of hydrogen-bond donors (Lipinski definition) is 1. The number of esters is 1. The number of carbonyl (C=O) groups is 1. The van der Waals surface area contributed by atoms with Gasteiger partial charge < -0.3 is 10.1 Å². The van der Waals surface area contributed by atoms with Gasteiger partial charge in [-0.25, -0.2) is 0 Å². The van der Waals surface area contributed by atoms with E-state index in [2.05, 4.69) is 31.0 Å². The molecule has 0 saturated carbocycles. The fourth-order valence-electron chi connectivity index (χ4n) is 2.59. The Balaban J connectivity index is 2.95. The van der Waals surface area contributed by atoms with Crippen molar-refractivity contribution in [1.29, 1.82) is 0 Å². The van der Waals surface area contributed by atoms with Gasteiger partial charge in [-0.3, -0.25) is 4.79 Å². The van der Waals surface area contributed by atoms with Crippen LogP contribution in [0, 0.1) is 5.92 Å². The molecule has 3 heteroatoms. The molecule has 0 radical (unpaired) electrons. The van der Waals surface area contributed by atoms with Gasteiger partial charge in [0.05, 0.1) is 5.92 Å². The summed E-state index contributed by atoms with van der Waals surface area (Å²) < 4.78 is 5.61. The van der Waals surface area contributed by atoms with Crippen molar-refractivity contribution in [2.24, 2.45) is 5.92 Å². The molecule has 0 bridgehead atoms. The number of ether oxygens (including phenoxy) is 1. The molecule has 0 amide bonds. The number of hydrogen-bond acceptors (Lipinski definition) is 3. The molecule has 1 N–H and O–H groups in total. The smallest absolute Gasteiger partial charge is 0.311 e. The van der Waals surface area contributed by atoms with E-state index >= 15 is 0 Å². The van der Waals surface area contributed by atoms with E-state index in [4.69, 9.17) is 4.74 Å². The minimum absolute atomic E-state index is 0.113. The van der Waals surface area contributed by atoms with Gasteiger partial charge in [0.2, 0.25) is 0 Å². The molecule has 0 saturated heterocycles. The van der Waals surface area contributed by atoms with Gasteiger partial charge in [0.25, 0.3) is 0 Å². The summed E-state index contributed by atoms with van der Waals surface area (Å²) in [6.07, 6.45) is 6.34. The van der Waals surface area contributed by atoms with Gasteiger partial charge in [-0.15, -0.1) is 6.58 Å². The average molecular weight is 329 g/mol. The van der Waals surface area contributed by atoms with Crippen molar-refractivity contribution in [3.05, 3.63) is 60.7 Å². The van der Waals surface area contributed by atoms with Crippen molar-refractivity contribution in [3.63, 3.8) is 0 Å². The van der Waals surface area contributed by atoms with Gasteiger partial charge in [0, 0.05) is 12.1 Å². The Morgan fingerprint density at radius 3 is 2.42 bits per heavy atom. The van der Waals surface area contributed by atoms with E-state index in [-0.39, 0.29) is 24.0 Å². The van der Waals surface area contributed by atoms with Gasteiger partial charge in [-0.1, -0.05) is 48.6 Å². The van der Waals surface area contributed by atoms with Crippen LogP contribution in [0.3, 0.4) is 0 Å². The van der Waals surface area contributed by atoms with Crippen LogP contribution in [-0.2, 0) is 9.53 Å². The zero-order chi connectivity index (χ0) is 18.2. The molecule has 0 unspecified atom stereocenters. The van der Waals surface area contributed by atoms with Gasteiger partial charge in [0.1, 0.15) is 5.60 Å². The first-order valence-electron chi connectivity index (χ1n) is 8.56. The Hall–Kier alpha value is -1.87. The summed E-state index contributed by atoms with van der Waals surface area (Å²) in [6, 6.07) is 10.2. The highest BCUT2D eigenvalue weighted by Gasteiger charge is 2.30. The second-order valence-electron chi connectivity index (χ2n) is 7.01. The largest absolute Gasteiger partial charge is 0.460 e. The standard InChI is InChI=1S/C21H31NO2/c1-7-12-18(20(23)24-21(4,5)6)19(13-8-2)22-16(3)17-14-10-9-11-15-17/h7-11,13-16,18-19,22H,1,12H2,2-6H3/b13-8+/t16-,18-,19-/m0/s1. The molecule has 0 aliphatic heterocycles. The van der Waals surface area contributed by atoms with E-state index in [0.29, 0.717) is 6.42 Å². The van der Waals surface area contributed by atoms with E-state index in [1.54, 1.807) is 6.08 Å². The van der Waals surface area contributed by atoms with Crippen LogP contribution in [0.4, 0.5) is 0 Å². The molecule has 0 aliphatic rings. The molecule has 0 aromatic heterocycles. The number of nitrogens with one attached hydrogen (secondary N) is 1. The lowest BCUT2D eigenvalue weighted by Crippen LogP contribution is -2.42. The average Bonchev–Trinajstić information content (AvgIpc) is 2.51. The fraction of sp³-hybridized carbons (Fsp3) is 0.476. The van der Waals surface area contributed by atoms with Crippen molar-refractivity contribution in [2.75, 3.05) is 0 Å². The third-order valence-electron chi connectivity index (χ3n) is 3.71. The molecule has 1 rings (SSSR count). The highest BCUT2D eigenvalue weighted by atomic mass is 16.6. The Morgan fingerprint density at radius 1 is 1.29 bits per heavy atom. The molecule has 132 valence electrons. The van der Waals surface area contributed by atoms with Crippen molar-refractivity contribution < 1.29 is 9.53 Å². The summed E-state index contributed by atoms with van der Waals surface area (Å²) >= 11 is 0. The highest BCUT2D eigenvalue weighted by molar-refractivity contribution is 5.74. The fourth-order valence-corrected chi connectivity index (χ4v) is 2.59. The molecule has 1 aromatic rings. The summed E-state index contributed by atoms with van der Waals surface area (Å²) in [6.45, 7) is 13.5. The molecular formula is C21H31NO2. The van der Waals surface area contributed by atoms with Crippen LogP contribution in [0.2, 0.25) is 0 Å². The maximum Gasteiger partial charge on any atom is 0.311 e. The molecule has 0 fully saturated rings. The Morgan fingerprint density at radius 2 is 1.92 bits per heavy atom. The van der Waals surface area contributed by atoms with Crippen molar-refractivity contribution in [1.82, 2.24) is 5.32 Å². The van der Waals surface area contributed by atoms with Gasteiger partial charge >= 0.3 is 5.97 Å². The van der Waals surface area contributed by atoms with Crippen LogP contribution in [0.5, 0.6) is 0 Å². The predicted molar refractivity (Wildman–Crippen MR) is 101 cm³/mol. The minimum atomic E-state index is -0.498. The minimum Gasteiger partial charge on any atom is -0.460 e. The topological polar surface area (TPSA) is 38.3 Å². The second kappa shape index (κ2) is 9.43. The van der Waals surface area contributed by atoms with Gasteiger partial charge in [0.15, 0.2) is 0 Å². The Kier molecular flexibility index (Phi) is 7.93. The number of allylic oxidation sites excluding steroid dienone is 2. The first-order valence-corrected chi connectivity index (χ1v) is 8.56. The van der Waals surface area contributed by atoms with E-state index < -0.39 is 5.60 Å². The van der Waals surface area contributed by atoms with Crippen LogP contribution in [-0.4, -0.2) is 17.6 Å². The SMILES string of the molecule is C=CC[C@H](C(=O)OC(C)(C)C)[C@H](/C=C/C)N[C@@H](C)c1ccccc1. The second-order valence-corrected chi connectivity index (χ2v) is 7.01. The van der Waals surface area contributed by atoms with E-state index in [0.717, 1.165) is 0 Å². The summed E-state index contributed by atoms with van der Waals surface area (Å²) in [5, 5.41) is 3.55. The van der Waals surface area contributed by atoms with Crippen LogP contribution >= 0.6 is 0 Å². The first-order chi connectivity index (χ1) is 11.3. The van der Waals surface area contributed by atoms with E-state index in [1.807, 2.05) is 58.0 Å². The molecule has 3 atom stereocenters. The van der Waals surface area contributed by atoms with Gasteiger partial charge in [-0.05, 0) is 46.6 Å². The lowest BCUT2D eigenvalue weighted by Gasteiger charge is -2.30. The van der Waals surface area contributed by atoms with Gasteiger partial charge in [-0.2, -0.15) is 0 Å². The molecule has 0 aliphatic carbocycles. The van der Waals surface area contributed by atoms with Crippen molar-refractivity contribution in [2.45, 2.75) is 58.7 Å². The quantitative estimate of drug-likeness (QED) is 0.549. The van der Waals surface area contributed by atoms with Crippen molar-refractivity contribution in [3.8, 4) is 0 Å². The van der Waals surface area contributed by atoms with E-state index in [1.165, 1.54) is 5.56 Å². The molecule has 3 nitrogen and oxygen atoms in total. The lowest BCUT2D eigenvalue weighted by molar-refractivity contribution is -0.160.